The van der Waals surface area contributed by atoms with Gasteiger partial charge in [0, 0.05) is 5.56 Å². The Balaban J connectivity index is 2.31. The summed E-state index contributed by atoms with van der Waals surface area (Å²) in [7, 11) is 0. The summed E-state index contributed by atoms with van der Waals surface area (Å²) in [6.07, 6.45) is -2.43. The average Bonchev–Trinajstić information content (AvgIpc) is 3.09. The maximum Gasteiger partial charge on any atom is 0.416 e. The van der Waals surface area contributed by atoms with Crippen LogP contribution in [0.2, 0.25) is 0 Å². The van der Waals surface area contributed by atoms with Gasteiger partial charge in [0.05, 0.1) is 11.6 Å². The number of nitrogens with one attached hydrogen (secondary N) is 1. The minimum Gasteiger partial charge on any atom is -0.308 e. The lowest BCUT2D eigenvalue weighted by Crippen LogP contribution is -2.31. The smallest absolute Gasteiger partial charge is 0.308 e. The number of benzene rings is 1. The molecule has 0 aliphatic heterocycles. The quantitative estimate of drug-likeness (QED) is 0.361. The van der Waals surface area contributed by atoms with Crippen LogP contribution in [0.3, 0.4) is 0 Å². The first-order valence-electron chi connectivity index (χ1n) is 5.23. The van der Waals surface area contributed by atoms with E-state index in [1.54, 1.807) is 6.07 Å². The Kier molecular flexibility index (Phi) is 3.06. The number of halogens is 3. The zero-order chi connectivity index (χ0) is 12.5. The van der Waals surface area contributed by atoms with Crippen molar-refractivity contribution in [2.24, 2.45) is 10.8 Å². The lowest BCUT2D eigenvalue weighted by Gasteiger charge is -2.10. The van der Waals surface area contributed by atoms with Crippen molar-refractivity contribution in [2.45, 2.75) is 25.1 Å². The Morgan fingerprint density at radius 1 is 1.35 bits per heavy atom. The van der Waals surface area contributed by atoms with Crippen molar-refractivity contribution in [1.82, 2.24) is 5.43 Å². The van der Waals surface area contributed by atoms with Gasteiger partial charge in [-0.1, -0.05) is 12.1 Å². The van der Waals surface area contributed by atoms with Crippen LogP contribution in [0.1, 0.15) is 24.0 Å². The number of hydrazine groups is 1. The third-order valence-corrected chi connectivity index (χ3v) is 2.46. The number of hydrogen-bond acceptors (Lipinski definition) is 2. The van der Waals surface area contributed by atoms with Crippen LogP contribution in [-0.2, 0) is 6.18 Å². The maximum absolute atomic E-state index is 12.5. The van der Waals surface area contributed by atoms with Crippen LogP contribution in [0, 0.1) is 0 Å². The molecule has 1 aliphatic rings. The van der Waals surface area contributed by atoms with E-state index in [2.05, 4.69) is 10.4 Å². The summed E-state index contributed by atoms with van der Waals surface area (Å²) in [5.41, 5.74) is 2.01. The highest BCUT2D eigenvalue weighted by Crippen LogP contribution is 2.30. The van der Waals surface area contributed by atoms with Gasteiger partial charge in [-0.3, -0.25) is 4.99 Å². The molecule has 2 rings (SSSR count). The van der Waals surface area contributed by atoms with Crippen LogP contribution < -0.4 is 11.3 Å². The van der Waals surface area contributed by atoms with Gasteiger partial charge in [0.15, 0.2) is 0 Å². The molecular formula is C11H12F3N3. The van der Waals surface area contributed by atoms with Crippen LogP contribution in [-0.4, -0.2) is 11.9 Å². The number of hydrogen-bond donors (Lipinski definition) is 2. The van der Waals surface area contributed by atoms with E-state index in [0.717, 1.165) is 25.0 Å². The van der Waals surface area contributed by atoms with Crippen LogP contribution in [0.15, 0.2) is 29.3 Å². The van der Waals surface area contributed by atoms with Crippen molar-refractivity contribution in [2.75, 3.05) is 0 Å². The largest absolute Gasteiger partial charge is 0.416 e. The zero-order valence-electron chi connectivity index (χ0n) is 8.96. The lowest BCUT2D eigenvalue weighted by molar-refractivity contribution is -0.137. The molecule has 1 aromatic carbocycles. The summed E-state index contributed by atoms with van der Waals surface area (Å²) in [5.74, 6) is 5.58. The van der Waals surface area contributed by atoms with Crippen molar-refractivity contribution in [3.05, 3.63) is 35.4 Å². The molecule has 1 fully saturated rings. The van der Waals surface area contributed by atoms with E-state index in [1.165, 1.54) is 6.07 Å². The molecule has 1 aliphatic carbocycles. The second-order valence-electron chi connectivity index (χ2n) is 3.93. The topological polar surface area (TPSA) is 50.4 Å². The van der Waals surface area contributed by atoms with Crippen molar-refractivity contribution in [1.29, 1.82) is 0 Å². The Morgan fingerprint density at radius 2 is 2.06 bits per heavy atom. The number of rotatable bonds is 2. The van der Waals surface area contributed by atoms with Crippen LogP contribution in [0.4, 0.5) is 13.2 Å². The van der Waals surface area contributed by atoms with Gasteiger partial charge in [-0.25, -0.2) is 5.84 Å². The summed E-state index contributed by atoms with van der Waals surface area (Å²) in [4.78, 5) is 4.21. The molecular weight excluding hydrogens is 231 g/mol. The third-order valence-electron chi connectivity index (χ3n) is 2.46. The highest BCUT2D eigenvalue weighted by molar-refractivity contribution is 5.98. The van der Waals surface area contributed by atoms with Gasteiger partial charge in [0.1, 0.15) is 5.84 Å². The standard InChI is InChI=1S/C11H12F3N3/c12-11(13,14)8-3-1-2-7(6-8)10(17-15)16-9-4-5-9/h1-3,6,9H,4-5,15H2,(H,16,17). The molecule has 1 aromatic rings. The van der Waals surface area contributed by atoms with E-state index in [1.807, 2.05) is 0 Å². The molecule has 0 amide bonds. The summed E-state index contributed by atoms with van der Waals surface area (Å²) in [5, 5.41) is 0. The highest BCUT2D eigenvalue weighted by atomic mass is 19.4. The van der Waals surface area contributed by atoms with Gasteiger partial charge >= 0.3 is 6.18 Å². The zero-order valence-corrected chi connectivity index (χ0v) is 8.96. The molecule has 1 saturated carbocycles. The molecule has 0 unspecified atom stereocenters. The van der Waals surface area contributed by atoms with Gasteiger partial charge in [0.25, 0.3) is 0 Å². The van der Waals surface area contributed by atoms with Gasteiger partial charge in [-0.2, -0.15) is 13.2 Å². The molecule has 3 N–H and O–H groups in total. The van der Waals surface area contributed by atoms with Gasteiger partial charge < -0.3 is 5.43 Å². The van der Waals surface area contributed by atoms with Gasteiger partial charge in [-0.15, -0.1) is 0 Å². The summed E-state index contributed by atoms with van der Waals surface area (Å²) >= 11 is 0. The average molecular weight is 243 g/mol. The second kappa shape index (κ2) is 4.37. The van der Waals surface area contributed by atoms with Crippen molar-refractivity contribution in [3.8, 4) is 0 Å². The van der Waals surface area contributed by atoms with Crippen molar-refractivity contribution < 1.29 is 13.2 Å². The summed E-state index contributed by atoms with van der Waals surface area (Å²) < 4.78 is 37.6. The SMILES string of the molecule is NNC(=NC1CC1)c1cccc(C(F)(F)F)c1. The molecule has 0 spiro atoms. The monoisotopic (exact) mass is 243 g/mol. The molecule has 0 bridgehead atoms. The fraction of sp³-hybridized carbons (Fsp3) is 0.364. The molecule has 3 nitrogen and oxygen atoms in total. The third kappa shape index (κ3) is 2.97. The maximum atomic E-state index is 12.5. The molecule has 0 aromatic heterocycles. The predicted molar refractivity (Wildman–Crippen MR) is 58.3 cm³/mol. The van der Waals surface area contributed by atoms with Crippen LogP contribution >= 0.6 is 0 Å². The van der Waals surface area contributed by atoms with E-state index in [9.17, 15) is 13.2 Å². The fourth-order valence-corrected chi connectivity index (χ4v) is 1.42. The van der Waals surface area contributed by atoms with E-state index in [0.29, 0.717) is 11.4 Å². The summed E-state index contributed by atoms with van der Waals surface area (Å²) in [6, 6.07) is 5.15. The molecule has 17 heavy (non-hydrogen) atoms. The van der Waals surface area contributed by atoms with Gasteiger partial charge in [-0.05, 0) is 25.0 Å². The van der Waals surface area contributed by atoms with Crippen LogP contribution in [0.25, 0.3) is 0 Å². The lowest BCUT2D eigenvalue weighted by atomic mass is 10.1. The molecule has 0 saturated heterocycles. The number of nitrogens with two attached hydrogens (primary N) is 1. The molecule has 0 heterocycles. The number of nitrogens with zero attached hydrogens (tertiary/aromatic N) is 1. The predicted octanol–water partition coefficient (Wildman–Crippen LogP) is 2.08. The first-order valence-corrected chi connectivity index (χ1v) is 5.23. The van der Waals surface area contributed by atoms with Crippen molar-refractivity contribution >= 4 is 5.84 Å². The minimum absolute atomic E-state index is 0.190. The highest BCUT2D eigenvalue weighted by Gasteiger charge is 2.31. The van der Waals surface area contributed by atoms with Gasteiger partial charge in [0.2, 0.25) is 0 Å². The number of aliphatic imine (C=N–C) groups is 1. The van der Waals surface area contributed by atoms with Crippen molar-refractivity contribution in [3.63, 3.8) is 0 Å². The Labute approximate surface area is 96.5 Å². The first kappa shape index (κ1) is 11.9. The fourth-order valence-electron chi connectivity index (χ4n) is 1.42. The molecule has 0 radical (unpaired) electrons. The Morgan fingerprint density at radius 3 is 2.59 bits per heavy atom. The first-order chi connectivity index (χ1) is 8.00. The Hall–Kier alpha value is -1.56. The normalized spacial score (nSPS) is 17.1. The second-order valence-corrected chi connectivity index (χ2v) is 3.93. The van der Waals surface area contributed by atoms with E-state index in [-0.39, 0.29) is 6.04 Å². The molecule has 0 atom stereocenters. The molecule has 6 heteroatoms. The van der Waals surface area contributed by atoms with E-state index >= 15 is 0 Å². The number of amidine groups is 1. The van der Waals surface area contributed by atoms with E-state index < -0.39 is 11.7 Å². The van der Waals surface area contributed by atoms with Crippen LogP contribution in [0.5, 0.6) is 0 Å². The van der Waals surface area contributed by atoms with E-state index in [4.69, 9.17) is 5.84 Å². The minimum atomic E-state index is -4.35. The number of alkyl halides is 3. The summed E-state index contributed by atoms with van der Waals surface area (Å²) in [6.45, 7) is 0. The molecule has 92 valence electrons. The Bertz CT molecular complexity index is 436.